The predicted octanol–water partition coefficient (Wildman–Crippen LogP) is 4.96. The Kier molecular flexibility index (Phi) is 5.03. The van der Waals surface area contributed by atoms with E-state index in [9.17, 15) is 4.39 Å². The molecule has 0 atom stereocenters. The van der Waals surface area contributed by atoms with E-state index in [2.05, 4.69) is 27.5 Å². The minimum Gasteiger partial charge on any atom is -0.352 e. The van der Waals surface area contributed by atoms with Crippen molar-refractivity contribution in [1.29, 1.82) is 5.41 Å². The maximum absolute atomic E-state index is 13.9. The lowest BCUT2D eigenvalue weighted by Gasteiger charge is -2.08. The van der Waals surface area contributed by atoms with E-state index in [4.69, 9.17) is 5.41 Å². The lowest BCUT2D eigenvalue weighted by atomic mass is 10.1. The molecule has 3 rings (SSSR count). The zero-order valence-electron chi connectivity index (χ0n) is 14.5. The van der Waals surface area contributed by atoms with Gasteiger partial charge in [-0.05, 0) is 38.5 Å². The Balaban J connectivity index is 1.77. The van der Waals surface area contributed by atoms with Gasteiger partial charge in [-0.1, -0.05) is 23.8 Å². The number of benzene rings is 1. The fourth-order valence-corrected chi connectivity index (χ4v) is 2.59. The van der Waals surface area contributed by atoms with Gasteiger partial charge in [0.1, 0.15) is 11.5 Å². The topological polar surface area (TPSA) is 54.6 Å². The number of fused-ring (bicyclic) bond motifs is 1. The van der Waals surface area contributed by atoms with Gasteiger partial charge in [0.15, 0.2) is 5.82 Å². The SMILES string of the molecule is CC(=N)CC=C(C)CCn1ccc2nc(-c3ccccc3F)nc-2c1. The number of aryl methyl sites for hydroxylation is 1. The molecule has 1 N–H and O–H groups in total. The summed E-state index contributed by atoms with van der Waals surface area (Å²) in [5.41, 5.74) is 3.88. The summed E-state index contributed by atoms with van der Waals surface area (Å²) >= 11 is 0. The van der Waals surface area contributed by atoms with E-state index in [-0.39, 0.29) is 5.82 Å². The van der Waals surface area contributed by atoms with Gasteiger partial charge in [-0.15, -0.1) is 0 Å². The molecule has 0 saturated heterocycles. The molecule has 0 spiro atoms. The van der Waals surface area contributed by atoms with Crippen molar-refractivity contribution in [3.8, 4) is 22.8 Å². The Bertz CT molecular complexity index is 894. The molecule has 2 aliphatic heterocycles. The number of hydrogen-bond donors (Lipinski definition) is 1. The van der Waals surface area contributed by atoms with Gasteiger partial charge in [-0.2, -0.15) is 0 Å². The number of aromatic nitrogens is 3. The van der Waals surface area contributed by atoms with Crippen LogP contribution in [0.25, 0.3) is 22.8 Å². The highest BCUT2D eigenvalue weighted by Crippen LogP contribution is 2.26. The van der Waals surface area contributed by atoms with Gasteiger partial charge in [0.2, 0.25) is 0 Å². The fourth-order valence-electron chi connectivity index (χ4n) is 2.59. The van der Waals surface area contributed by atoms with Gasteiger partial charge in [-0.25, -0.2) is 14.4 Å². The summed E-state index contributed by atoms with van der Waals surface area (Å²) in [6, 6.07) is 8.46. The van der Waals surface area contributed by atoms with Gasteiger partial charge >= 0.3 is 0 Å². The average Bonchev–Trinajstić information content (AvgIpc) is 3.01. The zero-order valence-corrected chi connectivity index (χ0v) is 14.5. The van der Waals surface area contributed by atoms with Crippen LogP contribution in [0.15, 0.2) is 54.4 Å². The quantitative estimate of drug-likeness (QED) is 0.511. The maximum Gasteiger partial charge on any atom is 0.163 e. The standard InChI is InChI=1S/C20H21FN4/c1-14(7-8-15(2)22)9-11-25-12-10-18-19(13-25)24-20(23-18)16-5-3-4-6-17(16)21/h3-7,10,12-13,22H,8-9,11H2,1-2H3. The summed E-state index contributed by atoms with van der Waals surface area (Å²) in [6.07, 6.45) is 7.63. The van der Waals surface area contributed by atoms with E-state index < -0.39 is 0 Å². The highest BCUT2D eigenvalue weighted by molar-refractivity contribution is 5.80. The van der Waals surface area contributed by atoms with Crippen LogP contribution in [0.4, 0.5) is 4.39 Å². The number of nitrogens with zero attached hydrogens (tertiary/aromatic N) is 3. The Hall–Kier alpha value is -2.82. The number of pyridine rings is 1. The molecule has 2 heterocycles. The van der Waals surface area contributed by atoms with Crippen molar-refractivity contribution in [2.24, 2.45) is 0 Å². The molecule has 1 aromatic carbocycles. The largest absolute Gasteiger partial charge is 0.352 e. The average molecular weight is 336 g/mol. The Morgan fingerprint density at radius 3 is 2.68 bits per heavy atom. The number of nitrogens with one attached hydrogen (secondary N) is 1. The van der Waals surface area contributed by atoms with Crippen LogP contribution in [0.3, 0.4) is 0 Å². The van der Waals surface area contributed by atoms with Crippen LogP contribution < -0.4 is 0 Å². The van der Waals surface area contributed by atoms with Gasteiger partial charge in [-0.3, -0.25) is 0 Å². The second kappa shape index (κ2) is 7.38. The Labute approximate surface area is 146 Å². The van der Waals surface area contributed by atoms with E-state index in [1.54, 1.807) is 18.2 Å². The van der Waals surface area contributed by atoms with Crippen molar-refractivity contribution in [2.75, 3.05) is 0 Å². The minimum absolute atomic E-state index is 0.312. The third-order valence-corrected chi connectivity index (χ3v) is 4.06. The molecular formula is C20H21FN4. The van der Waals surface area contributed by atoms with E-state index in [0.717, 1.165) is 24.4 Å². The molecule has 2 aliphatic rings. The van der Waals surface area contributed by atoms with Crippen LogP contribution in [0.2, 0.25) is 0 Å². The predicted molar refractivity (Wildman–Crippen MR) is 98.4 cm³/mol. The van der Waals surface area contributed by atoms with E-state index in [0.29, 0.717) is 23.5 Å². The van der Waals surface area contributed by atoms with Gasteiger partial charge in [0.25, 0.3) is 0 Å². The second-order valence-corrected chi connectivity index (χ2v) is 6.27. The summed E-state index contributed by atoms with van der Waals surface area (Å²) < 4.78 is 16.0. The molecule has 0 unspecified atom stereocenters. The molecule has 0 fully saturated rings. The zero-order chi connectivity index (χ0) is 17.8. The highest BCUT2D eigenvalue weighted by atomic mass is 19.1. The first kappa shape index (κ1) is 17.0. The number of rotatable bonds is 6. The molecule has 0 bridgehead atoms. The Morgan fingerprint density at radius 2 is 1.92 bits per heavy atom. The van der Waals surface area contributed by atoms with Crippen LogP contribution in [0.1, 0.15) is 26.7 Å². The number of allylic oxidation sites excluding steroid dienone is 2. The third kappa shape index (κ3) is 4.18. The molecular weight excluding hydrogens is 315 g/mol. The summed E-state index contributed by atoms with van der Waals surface area (Å²) in [5, 5.41) is 7.47. The first-order valence-electron chi connectivity index (χ1n) is 8.31. The fraction of sp³-hybridized carbons (Fsp3) is 0.250. The van der Waals surface area contributed by atoms with Crippen molar-refractivity contribution in [3.63, 3.8) is 0 Å². The molecule has 0 saturated carbocycles. The number of imidazole rings is 1. The third-order valence-electron chi connectivity index (χ3n) is 4.06. The number of halogens is 1. The summed E-state index contributed by atoms with van der Waals surface area (Å²) in [6.45, 7) is 4.73. The molecule has 1 aromatic rings. The number of hydrogen-bond acceptors (Lipinski definition) is 3. The first-order chi connectivity index (χ1) is 12.0. The Morgan fingerprint density at radius 1 is 1.16 bits per heavy atom. The van der Waals surface area contributed by atoms with Crippen molar-refractivity contribution < 1.29 is 4.39 Å². The van der Waals surface area contributed by atoms with Crippen molar-refractivity contribution in [3.05, 3.63) is 60.2 Å². The van der Waals surface area contributed by atoms with Crippen molar-refractivity contribution in [2.45, 2.75) is 33.2 Å². The maximum atomic E-state index is 13.9. The second-order valence-electron chi connectivity index (χ2n) is 6.27. The van der Waals surface area contributed by atoms with Crippen LogP contribution in [-0.2, 0) is 6.54 Å². The minimum atomic E-state index is -0.312. The lowest BCUT2D eigenvalue weighted by Crippen LogP contribution is -2.00. The summed E-state index contributed by atoms with van der Waals surface area (Å²) in [7, 11) is 0. The van der Waals surface area contributed by atoms with Gasteiger partial charge in [0.05, 0.1) is 11.3 Å². The first-order valence-corrected chi connectivity index (χ1v) is 8.31. The van der Waals surface area contributed by atoms with Crippen molar-refractivity contribution >= 4 is 5.71 Å². The molecule has 4 nitrogen and oxygen atoms in total. The molecule has 25 heavy (non-hydrogen) atoms. The van der Waals surface area contributed by atoms with Gasteiger partial charge in [0, 0.05) is 31.1 Å². The van der Waals surface area contributed by atoms with E-state index in [1.165, 1.54) is 11.6 Å². The highest BCUT2D eigenvalue weighted by Gasteiger charge is 2.14. The van der Waals surface area contributed by atoms with Crippen LogP contribution in [0.5, 0.6) is 0 Å². The summed E-state index contributed by atoms with van der Waals surface area (Å²) in [5.74, 6) is 0.108. The van der Waals surface area contributed by atoms with Crippen LogP contribution >= 0.6 is 0 Å². The molecule has 5 heteroatoms. The van der Waals surface area contributed by atoms with Crippen LogP contribution in [-0.4, -0.2) is 20.2 Å². The smallest absolute Gasteiger partial charge is 0.163 e. The molecule has 128 valence electrons. The lowest BCUT2D eigenvalue weighted by molar-refractivity contribution is 0.630. The molecule has 0 radical (unpaired) electrons. The molecule has 0 amide bonds. The normalized spacial score (nSPS) is 11.9. The van der Waals surface area contributed by atoms with Gasteiger partial charge < -0.3 is 9.98 Å². The van der Waals surface area contributed by atoms with Crippen LogP contribution in [0, 0.1) is 11.2 Å². The molecule has 0 aliphatic carbocycles. The van der Waals surface area contributed by atoms with Crippen molar-refractivity contribution in [1.82, 2.24) is 14.5 Å². The molecule has 0 aromatic heterocycles. The van der Waals surface area contributed by atoms with E-state index in [1.807, 2.05) is 25.4 Å². The van der Waals surface area contributed by atoms with E-state index >= 15 is 0 Å². The summed E-state index contributed by atoms with van der Waals surface area (Å²) in [4.78, 5) is 8.91. The monoisotopic (exact) mass is 336 g/mol.